The average molecular weight is 374 g/mol. The van der Waals surface area contributed by atoms with E-state index in [1.54, 1.807) is 31.2 Å². The first-order valence-corrected chi connectivity index (χ1v) is 7.60. The maximum absolute atomic E-state index is 12.1. The molecule has 0 saturated heterocycles. The molecule has 1 heterocycles. The molecule has 134 valence electrons. The first-order chi connectivity index (χ1) is 11.7. The molecule has 25 heavy (non-hydrogen) atoms. The van der Waals surface area contributed by atoms with Gasteiger partial charge < -0.3 is 15.4 Å². The monoisotopic (exact) mass is 373 g/mol. The fourth-order valence-electron chi connectivity index (χ4n) is 1.94. The number of carbonyl (C=O) groups excluding carboxylic acids is 1. The third-order valence-electron chi connectivity index (χ3n) is 3.14. The van der Waals surface area contributed by atoms with Crippen molar-refractivity contribution in [1.29, 1.82) is 0 Å². The van der Waals surface area contributed by atoms with Gasteiger partial charge in [0, 0.05) is 6.20 Å². The molecule has 5 nitrogen and oxygen atoms in total. The van der Waals surface area contributed by atoms with Gasteiger partial charge in [-0.2, -0.15) is 13.2 Å². The number of aromatic nitrogens is 1. The predicted molar refractivity (Wildman–Crippen MR) is 87.8 cm³/mol. The van der Waals surface area contributed by atoms with E-state index in [-0.39, 0.29) is 16.9 Å². The van der Waals surface area contributed by atoms with E-state index in [1.807, 2.05) is 0 Å². The zero-order valence-electron chi connectivity index (χ0n) is 13.1. The molecule has 0 bridgehead atoms. The fourth-order valence-corrected chi connectivity index (χ4v) is 2.10. The van der Waals surface area contributed by atoms with Crippen LogP contribution < -0.4 is 15.4 Å². The molecule has 2 amide bonds. The van der Waals surface area contributed by atoms with Crippen LogP contribution in [0.5, 0.6) is 5.75 Å². The Bertz CT molecular complexity index is 723. The van der Waals surface area contributed by atoms with Gasteiger partial charge in [-0.1, -0.05) is 23.7 Å². The van der Waals surface area contributed by atoms with Gasteiger partial charge >= 0.3 is 12.2 Å². The van der Waals surface area contributed by atoms with Crippen LogP contribution in [-0.2, 0) is 0 Å². The molecule has 0 aliphatic rings. The molecular weight excluding hydrogens is 359 g/mol. The van der Waals surface area contributed by atoms with Gasteiger partial charge in [0.25, 0.3) is 0 Å². The van der Waals surface area contributed by atoms with E-state index in [0.717, 1.165) is 0 Å². The number of amides is 2. The number of alkyl halides is 3. The van der Waals surface area contributed by atoms with Crippen LogP contribution in [-0.4, -0.2) is 23.8 Å². The predicted octanol–water partition coefficient (Wildman–Crippen LogP) is 4.56. The summed E-state index contributed by atoms with van der Waals surface area (Å²) in [5.41, 5.74) is 1.07. The van der Waals surface area contributed by atoms with Gasteiger partial charge in [0.15, 0.2) is 11.8 Å². The second kappa shape index (κ2) is 8.06. The maximum atomic E-state index is 12.1. The molecule has 0 radical (unpaired) electrons. The molecule has 0 aliphatic heterocycles. The Labute approximate surface area is 147 Å². The average Bonchev–Trinajstić information content (AvgIpc) is 2.55. The van der Waals surface area contributed by atoms with Crippen molar-refractivity contribution in [3.8, 4) is 5.75 Å². The van der Waals surface area contributed by atoms with Crippen molar-refractivity contribution in [1.82, 2.24) is 10.3 Å². The highest BCUT2D eigenvalue weighted by atomic mass is 35.5. The third kappa shape index (κ3) is 6.15. The fraction of sp³-hybridized carbons (Fsp3) is 0.250. The molecule has 9 heteroatoms. The molecule has 1 atom stereocenters. The number of hydrogen-bond donors (Lipinski definition) is 2. The number of ether oxygens (including phenoxy) is 1. The van der Waals surface area contributed by atoms with Crippen molar-refractivity contribution in [3.05, 3.63) is 53.3 Å². The van der Waals surface area contributed by atoms with Crippen LogP contribution in [0.3, 0.4) is 0 Å². The number of nitrogens with zero attached hydrogens (tertiary/aromatic N) is 1. The second-order valence-corrected chi connectivity index (χ2v) is 5.49. The van der Waals surface area contributed by atoms with Crippen molar-refractivity contribution in [2.45, 2.75) is 19.1 Å². The number of carbonyl (C=O) groups is 1. The molecule has 1 aromatic carbocycles. The van der Waals surface area contributed by atoms with E-state index in [2.05, 4.69) is 20.4 Å². The highest BCUT2D eigenvalue weighted by Crippen LogP contribution is 2.21. The molecular formula is C16H15ClF3N3O2. The summed E-state index contributed by atoms with van der Waals surface area (Å²) in [4.78, 5) is 15.8. The van der Waals surface area contributed by atoms with Crippen molar-refractivity contribution in [2.24, 2.45) is 0 Å². The smallest absolute Gasteiger partial charge is 0.422 e. The summed E-state index contributed by atoms with van der Waals surface area (Å²) in [6.07, 6.45) is -2.89. The van der Waals surface area contributed by atoms with E-state index >= 15 is 0 Å². The molecule has 2 rings (SSSR count). The highest BCUT2D eigenvalue weighted by molar-refractivity contribution is 6.32. The quantitative estimate of drug-likeness (QED) is 0.755. The van der Waals surface area contributed by atoms with E-state index < -0.39 is 18.8 Å². The lowest BCUT2D eigenvalue weighted by molar-refractivity contribution is -0.153. The number of anilines is 1. The molecule has 1 unspecified atom stereocenters. The van der Waals surface area contributed by atoms with Crippen molar-refractivity contribution >= 4 is 23.3 Å². The molecule has 2 aromatic rings. The lowest BCUT2D eigenvalue weighted by Gasteiger charge is -2.16. The van der Waals surface area contributed by atoms with Gasteiger partial charge in [-0.15, -0.1) is 0 Å². The minimum atomic E-state index is -4.39. The molecule has 0 saturated carbocycles. The minimum absolute atomic E-state index is 0.0971. The highest BCUT2D eigenvalue weighted by Gasteiger charge is 2.28. The number of urea groups is 1. The number of pyridine rings is 1. The lowest BCUT2D eigenvalue weighted by atomic mass is 10.1. The Balaban J connectivity index is 1.91. The van der Waals surface area contributed by atoms with Gasteiger partial charge in [0.1, 0.15) is 5.75 Å². The molecule has 0 fully saturated rings. The summed E-state index contributed by atoms with van der Waals surface area (Å²) in [6, 6.07) is 8.34. The van der Waals surface area contributed by atoms with Crippen LogP contribution in [0.15, 0.2) is 42.6 Å². The van der Waals surface area contributed by atoms with E-state index in [1.165, 1.54) is 18.3 Å². The van der Waals surface area contributed by atoms with Gasteiger partial charge in [0.05, 0.1) is 11.7 Å². The van der Waals surface area contributed by atoms with Crippen LogP contribution in [0.4, 0.5) is 23.7 Å². The van der Waals surface area contributed by atoms with Crippen molar-refractivity contribution in [3.63, 3.8) is 0 Å². The summed E-state index contributed by atoms with van der Waals surface area (Å²) >= 11 is 5.85. The van der Waals surface area contributed by atoms with Gasteiger partial charge in [-0.05, 0) is 36.8 Å². The number of halogens is 4. The largest absolute Gasteiger partial charge is 0.484 e. The number of hydrogen-bond acceptors (Lipinski definition) is 3. The van der Waals surface area contributed by atoms with Crippen molar-refractivity contribution < 1.29 is 22.7 Å². The number of rotatable bonds is 5. The van der Waals surface area contributed by atoms with E-state index in [0.29, 0.717) is 11.3 Å². The topological polar surface area (TPSA) is 63.2 Å². The zero-order valence-corrected chi connectivity index (χ0v) is 13.9. The molecule has 0 spiro atoms. The molecule has 0 aliphatic carbocycles. The number of nitrogens with one attached hydrogen (secondary N) is 2. The molecule has 2 N–H and O–H groups in total. The lowest BCUT2D eigenvalue weighted by Crippen LogP contribution is -2.31. The van der Waals surface area contributed by atoms with Crippen LogP contribution >= 0.6 is 11.6 Å². The third-order valence-corrected chi connectivity index (χ3v) is 3.44. The SMILES string of the molecule is CC(NC(=O)Nc1cccnc1Cl)c1ccc(OCC(F)(F)F)cc1. The van der Waals surface area contributed by atoms with Gasteiger partial charge in [-0.3, -0.25) is 0 Å². The summed E-state index contributed by atoms with van der Waals surface area (Å²) in [5.74, 6) is 0.0971. The van der Waals surface area contributed by atoms with E-state index in [4.69, 9.17) is 11.6 Å². The van der Waals surface area contributed by atoms with Crippen LogP contribution in [0, 0.1) is 0 Å². The first kappa shape index (κ1) is 18.9. The first-order valence-electron chi connectivity index (χ1n) is 7.22. The Morgan fingerprint density at radius 2 is 1.96 bits per heavy atom. The van der Waals surface area contributed by atoms with E-state index in [9.17, 15) is 18.0 Å². The zero-order chi connectivity index (χ0) is 18.4. The Hall–Kier alpha value is -2.48. The Kier molecular flexibility index (Phi) is 6.08. The van der Waals surface area contributed by atoms with Crippen LogP contribution in [0.2, 0.25) is 5.15 Å². The Morgan fingerprint density at radius 1 is 1.28 bits per heavy atom. The Morgan fingerprint density at radius 3 is 2.56 bits per heavy atom. The summed E-state index contributed by atoms with van der Waals surface area (Å²) in [5, 5.41) is 5.42. The summed E-state index contributed by atoms with van der Waals surface area (Å²) in [6.45, 7) is 0.379. The van der Waals surface area contributed by atoms with Crippen molar-refractivity contribution in [2.75, 3.05) is 11.9 Å². The number of benzene rings is 1. The van der Waals surface area contributed by atoms with Crippen LogP contribution in [0.1, 0.15) is 18.5 Å². The standard InChI is InChI=1S/C16H15ClF3N3O2/c1-10(22-15(24)23-13-3-2-8-21-14(13)17)11-4-6-12(7-5-11)25-9-16(18,19)20/h2-8,10H,9H2,1H3,(H2,22,23,24). The maximum Gasteiger partial charge on any atom is 0.422 e. The summed E-state index contributed by atoms with van der Waals surface area (Å²) < 4.78 is 41.0. The van der Waals surface area contributed by atoms with Gasteiger partial charge in [0.2, 0.25) is 0 Å². The van der Waals surface area contributed by atoms with Crippen LogP contribution in [0.25, 0.3) is 0 Å². The summed E-state index contributed by atoms with van der Waals surface area (Å²) in [7, 11) is 0. The second-order valence-electron chi connectivity index (χ2n) is 5.13. The minimum Gasteiger partial charge on any atom is -0.484 e. The van der Waals surface area contributed by atoms with Gasteiger partial charge in [-0.25, -0.2) is 9.78 Å². The molecule has 1 aromatic heterocycles. The normalized spacial score (nSPS) is 12.4.